The van der Waals surface area contributed by atoms with Crippen LogP contribution in [-0.2, 0) is 6.42 Å². The maximum Gasteiger partial charge on any atom is 0.252 e. The van der Waals surface area contributed by atoms with Crippen molar-refractivity contribution < 1.29 is 13.9 Å². The Hall–Kier alpha value is -0.960. The van der Waals surface area contributed by atoms with Gasteiger partial charge in [-0.1, -0.05) is 37.3 Å². The van der Waals surface area contributed by atoms with Gasteiger partial charge < -0.3 is 5.11 Å². The summed E-state index contributed by atoms with van der Waals surface area (Å²) in [6, 6.07) is 8.72. The number of hydrogen-bond acceptors (Lipinski definition) is 1. The quantitative estimate of drug-likeness (QED) is 0.791. The summed E-state index contributed by atoms with van der Waals surface area (Å²) in [5, 5.41) is 9.25. The van der Waals surface area contributed by atoms with Crippen molar-refractivity contribution in [2.45, 2.75) is 44.6 Å². The second-order valence-electron chi connectivity index (χ2n) is 4.12. The van der Waals surface area contributed by atoms with E-state index >= 15 is 0 Å². The lowest BCUT2D eigenvalue weighted by Crippen LogP contribution is -2.22. The zero-order valence-electron chi connectivity index (χ0n) is 9.50. The lowest BCUT2D eigenvalue weighted by atomic mass is 10.0. The van der Waals surface area contributed by atoms with Crippen molar-refractivity contribution >= 4 is 0 Å². The van der Waals surface area contributed by atoms with Crippen molar-refractivity contribution in [2.75, 3.05) is 0 Å². The van der Waals surface area contributed by atoms with Crippen LogP contribution in [0.5, 0.6) is 0 Å². The topological polar surface area (TPSA) is 20.2 Å². The molecule has 0 amide bonds. The summed E-state index contributed by atoms with van der Waals surface area (Å²) in [5.74, 6) is -2.72. The highest BCUT2D eigenvalue weighted by Gasteiger charge is 2.29. The Kier molecular flexibility index (Phi) is 4.87. The van der Waals surface area contributed by atoms with Crippen LogP contribution < -0.4 is 0 Å². The molecule has 0 bridgehead atoms. The van der Waals surface area contributed by atoms with E-state index < -0.39 is 12.0 Å². The molecule has 0 aliphatic rings. The zero-order valence-corrected chi connectivity index (χ0v) is 9.50. The third-order valence-electron chi connectivity index (χ3n) is 2.62. The molecule has 0 saturated carbocycles. The molecule has 0 spiro atoms. The average molecular weight is 228 g/mol. The van der Waals surface area contributed by atoms with E-state index in [0.717, 1.165) is 0 Å². The van der Waals surface area contributed by atoms with E-state index in [0.29, 0.717) is 12.0 Å². The molecule has 1 rings (SSSR count). The number of aliphatic hydroxyl groups excluding tert-OH is 1. The number of halogens is 2. The molecule has 1 aromatic carbocycles. The van der Waals surface area contributed by atoms with Gasteiger partial charge in [0.05, 0.1) is 6.10 Å². The molecular formula is C13H18F2O. The Bertz CT molecular complexity index is 298. The maximum atomic E-state index is 13.5. The number of benzene rings is 1. The first-order chi connectivity index (χ1) is 7.53. The Morgan fingerprint density at radius 2 is 1.88 bits per heavy atom. The average Bonchev–Trinajstić information content (AvgIpc) is 2.27. The van der Waals surface area contributed by atoms with Gasteiger partial charge in [-0.2, -0.15) is 0 Å². The summed E-state index contributed by atoms with van der Waals surface area (Å²) < 4.78 is 27.0. The summed E-state index contributed by atoms with van der Waals surface area (Å²) in [6.07, 6.45) is -0.416. The van der Waals surface area contributed by atoms with Gasteiger partial charge in [0.2, 0.25) is 0 Å². The molecule has 0 aromatic heterocycles. The smallest absolute Gasteiger partial charge is 0.252 e. The largest absolute Gasteiger partial charge is 0.393 e. The van der Waals surface area contributed by atoms with Gasteiger partial charge in [0, 0.05) is 12.8 Å². The standard InChI is InChI=1S/C13H18F2O/c1-2-12(16)8-9-13(14,15)10-11-6-4-3-5-7-11/h3-7,12,16H,2,8-10H2,1H3. The summed E-state index contributed by atoms with van der Waals surface area (Å²) in [5.41, 5.74) is 0.637. The van der Waals surface area contributed by atoms with E-state index in [2.05, 4.69) is 0 Å². The van der Waals surface area contributed by atoms with Gasteiger partial charge in [0.15, 0.2) is 0 Å². The minimum absolute atomic E-state index is 0.163. The Balaban J connectivity index is 2.45. The fourth-order valence-corrected chi connectivity index (χ4v) is 1.56. The predicted octanol–water partition coefficient (Wildman–Crippen LogP) is 3.42. The van der Waals surface area contributed by atoms with Crippen LogP contribution >= 0.6 is 0 Å². The number of alkyl halides is 2. The second kappa shape index (κ2) is 5.94. The van der Waals surface area contributed by atoms with Crippen LogP contribution in [-0.4, -0.2) is 17.1 Å². The van der Waals surface area contributed by atoms with E-state index in [9.17, 15) is 13.9 Å². The highest BCUT2D eigenvalue weighted by Crippen LogP contribution is 2.26. The molecule has 0 heterocycles. The van der Waals surface area contributed by atoms with Crippen LogP contribution in [0, 0.1) is 0 Å². The highest BCUT2D eigenvalue weighted by molar-refractivity contribution is 5.16. The number of hydrogen-bond donors (Lipinski definition) is 1. The molecule has 90 valence electrons. The fraction of sp³-hybridized carbons (Fsp3) is 0.538. The van der Waals surface area contributed by atoms with Gasteiger partial charge in [-0.3, -0.25) is 0 Å². The van der Waals surface area contributed by atoms with Crippen molar-refractivity contribution in [3.8, 4) is 0 Å². The number of aliphatic hydroxyl groups is 1. The van der Waals surface area contributed by atoms with Crippen LogP contribution in [0.2, 0.25) is 0 Å². The van der Waals surface area contributed by atoms with Crippen molar-refractivity contribution in [1.29, 1.82) is 0 Å². The van der Waals surface area contributed by atoms with Crippen molar-refractivity contribution in [1.82, 2.24) is 0 Å². The molecule has 0 saturated heterocycles. The monoisotopic (exact) mass is 228 g/mol. The molecule has 16 heavy (non-hydrogen) atoms. The minimum atomic E-state index is -2.72. The first kappa shape index (κ1) is 13.1. The molecule has 1 unspecified atom stereocenters. The van der Waals surface area contributed by atoms with Gasteiger partial charge >= 0.3 is 0 Å². The van der Waals surface area contributed by atoms with E-state index in [1.807, 2.05) is 6.07 Å². The molecule has 0 aliphatic heterocycles. The summed E-state index contributed by atoms with van der Waals surface area (Å²) in [6.45, 7) is 1.79. The maximum absolute atomic E-state index is 13.5. The zero-order chi connectivity index (χ0) is 12.0. The normalized spacial score (nSPS) is 13.8. The first-order valence-corrected chi connectivity index (χ1v) is 5.63. The van der Waals surface area contributed by atoms with Gasteiger partial charge in [0.1, 0.15) is 0 Å². The Labute approximate surface area is 95.1 Å². The summed E-state index contributed by atoms with van der Waals surface area (Å²) >= 11 is 0. The molecule has 0 radical (unpaired) electrons. The molecule has 1 aromatic rings. The van der Waals surface area contributed by atoms with Gasteiger partial charge in [0.25, 0.3) is 5.92 Å². The van der Waals surface area contributed by atoms with E-state index in [1.54, 1.807) is 31.2 Å². The molecule has 1 nitrogen and oxygen atoms in total. The number of rotatable bonds is 6. The van der Waals surface area contributed by atoms with Crippen LogP contribution in [0.1, 0.15) is 31.7 Å². The van der Waals surface area contributed by atoms with Crippen molar-refractivity contribution in [3.63, 3.8) is 0 Å². The van der Waals surface area contributed by atoms with Crippen molar-refractivity contribution in [2.24, 2.45) is 0 Å². The predicted molar refractivity (Wildman–Crippen MR) is 60.6 cm³/mol. The molecule has 1 atom stereocenters. The highest BCUT2D eigenvalue weighted by atomic mass is 19.3. The first-order valence-electron chi connectivity index (χ1n) is 5.63. The molecule has 1 N–H and O–H groups in total. The van der Waals surface area contributed by atoms with Crippen LogP contribution in [0.25, 0.3) is 0 Å². The minimum Gasteiger partial charge on any atom is -0.393 e. The van der Waals surface area contributed by atoms with Gasteiger partial charge in [-0.25, -0.2) is 8.78 Å². The van der Waals surface area contributed by atoms with Gasteiger partial charge in [-0.05, 0) is 18.4 Å². The summed E-state index contributed by atoms with van der Waals surface area (Å²) in [7, 11) is 0. The SMILES string of the molecule is CCC(O)CCC(F)(F)Cc1ccccc1. The van der Waals surface area contributed by atoms with E-state index in [-0.39, 0.29) is 19.3 Å². The third kappa shape index (κ3) is 4.71. The van der Waals surface area contributed by atoms with Crippen LogP contribution in [0.3, 0.4) is 0 Å². The van der Waals surface area contributed by atoms with E-state index in [1.165, 1.54) is 0 Å². The molecule has 0 fully saturated rings. The third-order valence-corrected chi connectivity index (χ3v) is 2.62. The van der Waals surface area contributed by atoms with E-state index in [4.69, 9.17) is 0 Å². The lowest BCUT2D eigenvalue weighted by Gasteiger charge is -2.17. The molecule has 0 aliphatic carbocycles. The second-order valence-corrected chi connectivity index (χ2v) is 4.12. The van der Waals surface area contributed by atoms with Crippen LogP contribution in [0.4, 0.5) is 8.78 Å². The molecular weight excluding hydrogens is 210 g/mol. The Morgan fingerprint density at radius 1 is 1.25 bits per heavy atom. The fourth-order valence-electron chi connectivity index (χ4n) is 1.56. The molecule has 3 heteroatoms. The Morgan fingerprint density at radius 3 is 2.44 bits per heavy atom. The van der Waals surface area contributed by atoms with Gasteiger partial charge in [-0.15, -0.1) is 0 Å². The lowest BCUT2D eigenvalue weighted by molar-refractivity contribution is -0.0202. The van der Waals surface area contributed by atoms with Crippen LogP contribution in [0.15, 0.2) is 30.3 Å². The van der Waals surface area contributed by atoms with Crippen molar-refractivity contribution in [3.05, 3.63) is 35.9 Å². The summed E-state index contributed by atoms with van der Waals surface area (Å²) in [4.78, 5) is 0.